The number of benzene rings is 4. The zero-order valence-corrected chi connectivity index (χ0v) is 23.8. The van der Waals surface area contributed by atoms with Gasteiger partial charge in [0.2, 0.25) is 0 Å². The Morgan fingerprint density at radius 3 is 2.46 bits per heavy atom. The van der Waals surface area contributed by atoms with Crippen LogP contribution in [0.3, 0.4) is 0 Å². The number of pyridine rings is 2. The number of rotatable bonds is 4. The number of aromatic nitrogens is 4. The van der Waals surface area contributed by atoms with Gasteiger partial charge in [-0.3, -0.25) is 9.97 Å². The largest absolute Gasteiger partial charge is 2.00 e. The van der Waals surface area contributed by atoms with Crippen molar-refractivity contribution in [1.82, 2.24) is 19.5 Å². The van der Waals surface area contributed by atoms with Gasteiger partial charge in [-0.05, 0) is 58.2 Å². The van der Waals surface area contributed by atoms with E-state index in [-0.39, 0.29) is 21.1 Å². The maximum Gasteiger partial charge on any atom is 2.00 e. The molecule has 0 aliphatic rings. The number of para-hydroxylation sites is 3. The van der Waals surface area contributed by atoms with E-state index >= 15 is 0 Å². The molecule has 0 bridgehead atoms. The third kappa shape index (κ3) is 4.26. The van der Waals surface area contributed by atoms with Crippen LogP contribution in [0, 0.1) is 12.1 Å². The molecule has 6 heteroatoms. The Labute approximate surface area is 250 Å². The molecule has 5 nitrogen and oxygen atoms in total. The second-order valence-corrected chi connectivity index (χ2v) is 9.57. The number of nitrogens with zero attached hydrogens (tertiary/aromatic N) is 4. The molecule has 8 rings (SSSR count). The minimum absolute atomic E-state index is 0. The average Bonchev–Trinajstić information content (AvgIpc) is 3.60. The summed E-state index contributed by atoms with van der Waals surface area (Å²) >= 11 is 0. The van der Waals surface area contributed by atoms with Crippen molar-refractivity contribution in [2.75, 3.05) is 0 Å². The summed E-state index contributed by atoms with van der Waals surface area (Å²) in [4.78, 5) is 13.8. The number of fused-ring (bicyclic) bond motifs is 4. The molecule has 0 aliphatic heterocycles. The van der Waals surface area contributed by atoms with E-state index in [2.05, 4.69) is 69.1 Å². The normalized spacial score (nSPS) is 11.2. The maximum absolute atomic E-state index is 6.27. The van der Waals surface area contributed by atoms with Gasteiger partial charge in [0.1, 0.15) is 11.5 Å². The van der Waals surface area contributed by atoms with Gasteiger partial charge in [-0.25, -0.2) is 0 Å². The molecule has 0 fully saturated rings. The van der Waals surface area contributed by atoms with Gasteiger partial charge >= 0.3 is 21.1 Å². The molecule has 4 aromatic carbocycles. The van der Waals surface area contributed by atoms with E-state index in [1.54, 1.807) is 12.4 Å². The van der Waals surface area contributed by atoms with Gasteiger partial charge in [0.15, 0.2) is 0 Å². The standard InChI is InChI=1S/C35H20N4O.Pt/c1-3-15-32-26(12-1)28-20-27(24-10-8-17-36-22-24)29(35-38-31-14-2-4-16-34(31)40-35)21-33(28)39(32)25-11-7-9-23(19-25)30-13-5-6-18-37-30;/h1-18,20,22H;/q-2;+2. The van der Waals surface area contributed by atoms with Crippen molar-refractivity contribution in [2.45, 2.75) is 0 Å². The van der Waals surface area contributed by atoms with Crippen LogP contribution in [-0.4, -0.2) is 19.5 Å². The van der Waals surface area contributed by atoms with Gasteiger partial charge in [0.05, 0.1) is 5.52 Å². The molecular weight excluding hydrogens is 687 g/mol. The topological polar surface area (TPSA) is 56.7 Å². The predicted octanol–water partition coefficient (Wildman–Crippen LogP) is 8.31. The fourth-order valence-electron chi connectivity index (χ4n) is 5.34. The SMILES string of the molecule is [Pt+2].[c-]1c(-c2ccccn2)cccc1-n1c2[c-]c(-c3nc4ccccc4o3)c(-c3cccnc3)cc2c2ccccc21. The Morgan fingerprint density at radius 2 is 1.61 bits per heavy atom. The van der Waals surface area contributed by atoms with Crippen LogP contribution in [0.4, 0.5) is 0 Å². The van der Waals surface area contributed by atoms with Crippen molar-refractivity contribution in [1.29, 1.82) is 0 Å². The zero-order valence-electron chi connectivity index (χ0n) is 21.6. The molecule has 0 atom stereocenters. The third-order valence-corrected chi connectivity index (χ3v) is 7.16. The fraction of sp³-hybridized carbons (Fsp3) is 0. The molecule has 0 aliphatic carbocycles. The second kappa shape index (κ2) is 10.3. The smallest absolute Gasteiger partial charge is 0.481 e. The summed E-state index contributed by atoms with van der Waals surface area (Å²) in [5.41, 5.74) is 8.94. The molecule has 4 heterocycles. The van der Waals surface area contributed by atoms with Gasteiger partial charge < -0.3 is 14.0 Å². The van der Waals surface area contributed by atoms with Gasteiger partial charge in [-0.1, -0.05) is 65.0 Å². The van der Waals surface area contributed by atoms with Crippen LogP contribution in [-0.2, 0) is 21.1 Å². The van der Waals surface area contributed by atoms with E-state index in [1.165, 1.54) is 0 Å². The maximum atomic E-state index is 6.27. The molecule has 0 amide bonds. The summed E-state index contributed by atoms with van der Waals surface area (Å²) in [6, 6.07) is 41.8. The van der Waals surface area contributed by atoms with Crippen molar-refractivity contribution in [3.8, 4) is 39.5 Å². The van der Waals surface area contributed by atoms with Gasteiger partial charge in [0, 0.05) is 24.1 Å². The average molecular weight is 708 g/mol. The molecule has 0 saturated heterocycles. The fourth-order valence-corrected chi connectivity index (χ4v) is 5.34. The number of oxazole rings is 1. The summed E-state index contributed by atoms with van der Waals surface area (Å²) < 4.78 is 8.48. The molecular formula is C35H20N4OPt. The van der Waals surface area contributed by atoms with Crippen LogP contribution in [0.2, 0.25) is 0 Å². The van der Waals surface area contributed by atoms with Crippen molar-refractivity contribution < 1.29 is 25.5 Å². The zero-order chi connectivity index (χ0) is 26.5. The molecule has 0 spiro atoms. The van der Waals surface area contributed by atoms with Gasteiger partial charge in [-0.15, -0.1) is 42.0 Å². The third-order valence-electron chi connectivity index (χ3n) is 7.16. The van der Waals surface area contributed by atoms with Crippen LogP contribution < -0.4 is 0 Å². The van der Waals surface area contributed by atoms with Crippen molar-refractivity contribution in [2.24, 2.45) is 0 Å². The van der Waals surface area contributed by atoms with E-state index in [1.807, 2.05) is 66.9 Å². The summed E-state index contributed by atoms with van der Waals surface area (Å²) in [7, 11) is 0. The van der Waals surface area contributed by atoms with Gasteiger partial charge in [-0.2, -0.15) is 0 Å². The minimum Gasteiger partial charge on any atom is -0.481 e. The molecule has 0 saturated carbocycles. The summed E-state index contributed by atoms with van der Waals surface area (Å²) in [6.07, 6.45) is 5.45. The number of hydrogen-bond donors (Lipinski definition) is 0. The Bertz CT molecular complexity index is 2140. The molecule has 0 radical (unpaired) electrons. The predicted molar refractivity (Wildman–Crippen MR) is 158 cm³/mol. The van der Waals surface area contributed by atoms with E-state index < -0.39 is 0 Å². The first-order valence-electron chi connectivity index (χ1n) is 13.0. The Morgan fingerprint density at radius 1 is 0.732 bits per heavy atom. The Kier molecular flexibility index (Phi) is 6.30. The first kappa shape index (κ1) is 25.1. The molecule has 0 unspecified atom stereocenters. The quantitative estimate of drug-likeness (QED) is 0.173. The van der Waals surface area contributed by atoms with E-state index in [0.717, 1.165) is 66.5 Å². The molecule has 0 N–H and O–H groups in total. The van der Waals surface area contributed by atoms with Crippen molar-refractivity contribution in [3.05, 3.63) is 134 Å². The monoisotopic (exact) mass is 707 g/mol. The van der Waals surface area contributed by atoms with Crippen molar-refractivity contribution in [3.63, 3.8) is 0 Å². The van der Waals surface area contributed by atoms with E-state index in [0.29, 0.717) is 5.89 Å². The van der Waals surface area contributed by atoms with Crippen LogP contribution in [0.25, 0.3) is 72.4 Å². The minimum atomic E-state index is 0. The van der Waals surface area contributed by atoms with E-state index in [9.17, 15) is 0 Å². The first-order valence-corrected chi connectivity index (χ1v) is 13.0. The summed E-state index contributed by atoms with van der Waals surface area (Å²) in [5.74, 6) is 0.518. The molecule has 4 aromatic heterocycles. The first-order chi connectivity index (χ1) is 19.8. The number of hydrogen-bond acceptors (Lipinski definition) is 4. The molecule has 41 heavy (non-hydrogen) atoms. The second-order valence-electron chi connectivity index (χ2n) is 9.57. The van der Waals surface area contributed by atoms with Crippen LogP contribution in [0.15, 0.2) is 126 Å². The molecule has 8 aromatic rings. The van der Waals surface area contributed by atoms with Gasteiger partial charge in [0.25, 0.3) is 0 Å². The van der Waals surface area contributed by atoms with Crippen LogP contribution in [0.1, 0.15) is 0 Å². The summed E-state index contributed by atoms with van der Waals surface area (Å²) in [6.45, 7) is 0. The Hall–Kier alpha value is -4.86. The van der Waals surface area contributed by atoms with Crippen LogP contribution in [0.5, 0.6) is 0 Å². The van der Waals surface area contributed by atoms with E-state index in [4.69, 9.17) is 9.40 Å². The summed E-state index contributed by atoms with van der Waals surface area (Å²) in [5, 5.41) is 2.20. The Balaban J connectivity index is 0.00000276. The van der Waals surface area contributed by atoms with Crippen LogP contribution >= 0.6 is 0 Å². The molecule has 196 valence electrons. The van der Waals surface area contributed by atoms with Crippen molar-refractivity contribution >= 4 is 32.9 Å².